The van der Waals surface area contributed by atoms with Crippen LogP contribution in [-0.2, 0) is 19.1 Å². The van der Waals surface area contributed by atoms with Crippen LogP contribution < -0.4 is 10.1 Å². The van der Waals surface area contributed by atoms with Crippen molar-refractivity contribution in [3.05, 3.63) is 74.8 Å². The third-order valence-corrected chi connectivity index (χ3v) is 6.72. The van der Waals surface area contributed by atoms with Crippen LogP contribution in [0.4, 0.5) is 0 Å². The van der Waals surface area contributed by atoms with E-state index in [1.165, 1.54) is 0 Å². The Balaban J connectivity index is 1.71. The lowest BCUT2D eigenvalue weighted by molar-refractivity contribution is -0.140. The Kier molecular flexibility index (Phi) is 6.77. The van der Waals surface area contributed by atoms with Crippen LogP contribution >= 0.6 is 11.3 Å². The normalized spacial score (nSPS) is 20.7. The lowest BCUT2D eigenvalue weighted by Crippen LogP contribution is -2.36. The summed E-state index contributed by atoms with van der Waals surface area (Å²) in [6.07, 6.45) is 1.04. The van der Waals surface area contributed by atoms with Crippen LogP contribution in [0.25, 0.3) is 0 Å². The summed E-state index contributed by atoms with van der Waals surface area (Å²) >= 11 is 1.55. The first-order valence-corrected chi connectivity index (χ1v) is 11.5. The molecule has 4 rings (SSSR count). The Morgan fingerprint density at radius 1 is 1.16 bits per heavy atom. The minimum Gasteiger partial charge on any atom is -0.496 e. The largest absolute Gasteiger partial charge is 0.496 e. The van der Waals surface area contributed by atoms with Gasteiger partial charge in [0.2, 0.25) is 0 Å². The second-order valence-electron chi connectivity index (χ2n) is 7.94. The zero-order chi connectivity index (χ0) is 22.7. The highest BCUT2D eigenvalue weighted by Crippen LogP contribution is 2.47. The van der Waals surface area contributed by atoms with Gasteiger partial charge < -0.3 is 19.5 Å². The molecular formula is C25H27NO5S. The van der Waals surface area contributed by atoms with Gasteiger partial charge in [0.05, 0.1) is 19.3 Å². The van der Waals surface area contributed by atoms with Crippen molar-refractivity contribution < 1.29 is 23.8 Å². The highest BCUT2D eigenvalue weighted by molar-refractivity contribution is 7.08. The Hall–Kier alpha value is -2.90. The number of benzene rings is 1. The molecular weight excluding hydrogens is 426 g/mol. The average Bonchev–Trinajstić information content (AvgIpc) is 3.32. The number of carbonyl (C=O) groups excluding carboxylic acids is 2. The molecule has 0 fully saturated rings. The molecule has 1 aliphatic carbocycles. The first-order chi connectivity index (χ1) is 15.5. The lowest BCUT2D eigenvalue weighted by atomic mass is 9.72. The van der Waals surface area contributed by atoms with Crippen LogP contribution in [-0.4, -0.2) is 39.2 Å². The van der Waals surface area contributed by atoms with E-state index in [1.54, 1.807) is 25.6 Å². The van der Waals surface area contributed by atoms with Gasteiger partial charge in [-0.2, -0.15) is 11.3 Å². The maximum atomic E-state index is 13.5. The number of dihydropyridines is 1. The van der Waals surface area contributed by atoms with Crippen molar-refractivity contribution in [3.8, 4) is 5.75 Å². The standard InChI is InChI=1S/C25H27NO5S/c1-15-22(25(28)31-10-9-29-2)23(16-8-11-32-14-16)24-19(26-15)12-17(13-20(24)27)18-6-4-5-7-21(18)30-3/h4-8,11,14,17,23,26H,9-10,12-13H2,1-3H3/t17-,23+/m0/s1. The van der Waals surface area contributed by atoms with E-state index < -0.39 is 11.9 Å². The van der Waals surface area contributed by atoms with E-state index in [9.17, 15) is 9.59 Å². The van der Waals surface area contributed by atoms with E-state index in [-0.39, 0.29) is 18.3 Å². The van der Waals surface area contributed by atoms with E-state index in [0.29, 0.717) is 30.6 Å². The van der Waals surface area contributed by atoms with Crippen molar-refractivity contribution in [3.63, 3.8) is 0 Å². The maximum Gasteiger partial charge on any atom is 0.336 e. The van der Waals surface area contributed by atoms with Crippen molar-refractivity contribution in [1.82, 2.24) is 5.32 Å². The zero-order valence-electron chi connectivity index (χ0n) is 18.5. The molecule has 2 aliphatic rings. The van der Waals surface area contributed by atoms with E-state index in [2.05, 4.69) is 5.32 Å². The number of ether oxygens (including phenoxy) is 3. The number of allylic oxidation sites excluding steroid dienone is 3. The number of para-hydroxylation sites is 1. The fraction of sp³-hybridized carbons (Fsp3) is 0.360. The zero-order valence-corrected chi connectivity index (χ0v) is 19.3. The van der Waals surface area contributed by atoms with Crippen molar-refractivity contribution in [2.75, 3.05) is 27.4 Å². The summed E-state index contributed by atoms with van der Waals surface area (Å²) < 4.78 is 16.0. The van der Waals surface area contributed by atoms with E-state index >= 15 is 0 Å². The summed E-state index contributed by atoms with van der Waals surface area (Å²) in [6, 6.07) is 9.81. The summed E-state index contributed by atoms with van der Waals surface area (Å²) in [7, 11) is 3.21. The van der Waals surface area contributed by atoms with Gasteiger partial charge in [-0.1, -0.05) is 18.2 Å². The highest BCUT2D eigenvalue weighted by atomic mass is 32.1. The molecule has 2 atom stereocenters. The quantitative estimate of drug-likeness (QED) is 0.498. The van der Waals surface area contributed by atoms with Gasteiger partial charge in [0.15, 0.2) is 5.78 Å². The second-order valence-corrected chi connectivity index (χ2v) is 8.72. The molecule has 0 amide bonds. The first-order valence-electron chi connectivity index (χ1n) is 10.6. The molecule has 2 heterocycles. The van der Waals surface area contributed by atoms with Crippen LogP contribution in [0.5, 0.6) is 5.75 Å². The lowest BCUT2D eigenvalue weighted by Gasteiger charge is -2.36. The Morgan fingerprint density at radius 3 is 2.69 bits per heavy atom. The van der Waals surface area contributed by atoms with Gasteiger partial charge in [0.25, 0.3) is 0 Å². The van der Waals surface area contributed by atoms with Crippen molar-refractivity contribution in [2.24, 2.45) is 0 Å². The van der Waals surface area contributed by atoms with Gasteiger partial charge >= 0.3 is 5.97 Å². The number of carbonyl (C=O) groups is 2. The molecule has 6 nitrogen and oxygen atoms in total. The van der Waals surface area contributed by atoms with Crippen molar-refractivity contribution in [1.29, 1.82) is 0 Å². The monoisotopic (exact) mass is 453 g/mol. The molecule has 1 aromatic heterocycles. The van der Waals surface area contributed by atoms with Crippen LogP contribution in [0.1, 0.15) is 42.7 Å². The fourth-order valence-electron chi connectivity index (χ4n) is 4.60. The number of methoxy groups -OCH3 is 2. The summed E-state index contributed by atoms with van der Waals surface area (Å²) in [6.45, 7) is 2.35. The Bertz CT molecular complexity index is 1070. The van der Waals surface area contributed by atoms with Crippen molar-refractivity contribution >= 4 is 23.1 Å². The van der Waals surface area contributed by atoms with Gasteiger partial charge in [0.1, 0.15) is 12.4 Å². The predicted molar refractivity (Wildman–Crippen MR) is 123 cm³/mol. The SMILES string of the molecule is COCCOC(=O)C1=C(C)NC2=C(C(=O)C[C@@H](c3ccccc3OC)C2)[C@@H]1c1ccsc1. The number of esters is 1. The molecule has 1 aliphatic heterocycles. The number of nitrogens with one attached hydrogen (secondary N) is 1. The van der Waals surface area contributed by atoms with Crippen LogP contribution in [0.3, 0.4) is 0 Å². The third-order valence-electron chi connectivity index (χ3n) is 6.02. The first kappa shape index (κ1) is 22.3. The molecule has 7 heteroatoms. The molecule has 0 unspecified atom stereocenters. The van der Waals surface area contributed by atoms with E-state index in [1.807, 2.05) is 48.0 Å². The molecule has 2 aromatic rings. The molecule has 1 N–H and O–H groups in total. The smallest absolute Gasteiger partial charge is 0.336 e. The number of hydrogen-bond acceptors (Lipinski definition) is 7. The molecule has 0 radical (unpaired) electrons. The molecule has 168 valence electrons. The topological polar surface area (TPSA) is 73.9 Å². The Labute approximate surface area is 191 Å². The Morgan fingerprint density at radius 2 is 1.97 bits per heavy atom. The van der Waals surface area contributed by atoms with Crippen molar-refractivity contribution in [2.45, 2.75) is 31.6 Å². The molecule has 1 aromatic carbocycles. The number of hydrogen-bond donors (Lipinski definition) is 1. The maximum absolute atomic E-state index is 13.5. The third kappa shape index (κ3) is 4.23. The summed E-state index contributed by atoms with van der Waals surface area (Å²) in [5.41, 5.74) is 4.71. The molecule has 0 saturated heterocycles. The minimum atomic E-state index is -0.432. The van der Waals surface area contributed by atoms with E-state index in [0.717, 1.165) is 28.3 Å². The van der Waals surface area contributed by atoms with Gasteiger partial charge in [-0.25, -0.2) is 4.79 Å². The van der Waals surface area contributed by atoms with Crippen LogP contribution in [0, 0.1) is 0 Å². The summed E-state index contributed by atoms with van der Waals surface area (Å²) in [4.78, 5) is 26.5. The van der Waals surface area contributed by atoms with Gasteiger partial charge in [-0.05, 0) is 47.4 Å². The van der Waals surface area contributed by atoms with E-state index in [4.69, 9.17) is 14.2 Å². The number of thiophene rings is 1. The highest BCUT2D eigenvalue weighted by Gasteiger charge is 2.41. The molecule has 32 heavy (non-hydrogen) atoms. The fourth-order valence-corrected chi connectivity index (χ4v) is 5.29. The minimum absolute atomic E-state index is 0.0102. The van der Waals surface area contributed by atoms with Crippen LogP contribution in [0.15, 0.2) is 63.6 Å². The summed E-state index contributed by atoms with van der Waals surface area (Å²) in [5.74, 6) is -0.0149. The van der Waals surface area contributed by atoms with Gasteiger partial charge in [0, 0.05) is 42.3 Å². The molecule has 0 saturated carbocycles. The van der Waals surface area contributed by atoms with Crippen LogP contribution in [0.2, 0.25) is 0 Å². The number of Topliss-reactive ketones (excluding diaryl/α,β-unsaturated/α-hetero) is 1. The second kappa shape index (κ2) is 9.71. The number of ketones is 1. The molecule has 0 bridgehead atoms. The summed E-state index contributed by atoms with van der Waals surface area (Å²) in [5, 5.41) is 7.33. The van der Waals surface area contributed by atoms with Gasteiger partial charge in [-0.15, -0.1) is 0 Å². The van der Waals surface area contributed by atoms with Gasteiger partial charge in [-0.3, -0.25) is 4.79 Å². The number of rotatable bonds is 7. The predicted octanol–water partition coefficient (Wildman–Crippen LogP) is 4.31. The average molecular weight is 454 g/mol. The molecule has 0 spiro atoms.